The molecule has 3 heteroatoms. The molecule has 1 atom stereocenters. The van der Waals surface area contributed by atoms with Crippen LogP contribution < -0.4 is 5.73 Å². The Morgan fingerprint density at radius 2 is 1.65 bits per heavy atom. The van der Waals surface area contributed by atoms with E-state index in [2.05, 4.69) is 0 Å². The summed E-state index contributed by atoms with van der Waals surface area (Å²) >= 11 is 0. The van der Waals surface area contributed by atoms with E-state index in [1.807, 2.05) is 31.2 Å². The zero-order valence-electron chi connectivity index (χ0n) is 9.45. The second-order valence-electron chi connectivity index (χ2n) is 4.05. The Morgan fingerprint density at radius 1 is 1.00 bits per heavy atom. The van der Waals surface area contributed by atoms with E-state index >= 15 is 0 Å². The van der Waals surface area contributed by atoms with Crippen molar-refractivity contribution in [3.63, 3.8) is 0 Å². The Labute approximate surface area is 98.9 Å². The number of aryl methyl sites for hydroxylation is 1. The van der Waals surface area contributed by atoms with Gasteiger partial charge in [-0.1, -0.05) is 29.8 Å². The van der Waals surface area contributed by atoms with E-state index in [0.717, 1.165) is 29.3 Å². The SMILES string of the molecule is Cc1ccc(C(N)c2cc(F)ccc2F)cc1. The number of halogens is 2. The average Bonchev–Trinajstić information content (AvgIpc) is 2.32. The molecule has 0 aliphatic carbocycles. The highest BCUT2D eigenvalue weighted by Crippen LogP contribution is 2.23. The van der Waals surface area contributed by atoms with Crippen molar-refractivity contribution in [3.05, 3.63) is 70.8 Å². The molecule has 0 spiro atoms. The molecule has 2 rings (SSSR count). The Bertz CT molecular complexity index is 520. The number of nitrogens with two attached hydrogens (primary N) is 1. The summed E-state index contributed by atoms with van der Waals surface area (Å²) in [6, 6.07) is 10.1. The second kappa shape index (κ2) is 4.63. The van der Waals surface area contributed by atoms with Gasteiger partial charge in [0.2, 0.25) is 0 Å². The van der Waals surface area contributed by atoms with E-state index < -0.39 is 17.7 Å². The maximum absolute atomic E-state index is 13.5. The van der Waals surface area contributed by atoms with Gasteiger partial charge in [0, 0.05) is 5.56 Å². The van der Waals surface area contributed by atoms with Gasteiger partial charge in [-0.25, -0.2) is 8.78 Å². The van der Waals surface area contributed by atoms with Gasteiger partial charge in [-0.3, -0.25) is 0 Å². The Hall–Kier alpha value is -1.74. The number of hydrogen-bond donors (Lipinski definition) is 1. The van der Waals surface area contributed by atoms with Crippen LogP contribution in [-0.2, 0) is 0 Å². The maximum atomic E-state index is 13.5. The number of rotatable bonds is 2. The largest absolute Gasteiger partial charge is 0.320 e. The summed E-state index contributed by atoms with van der Waals surface area (Å²) in [6.07, 6.45) is 0. The third-order valence-corrected chi connectivity index (χ3v) is 2.73. The lowest BCUT2D eigenvalue weighted by Crippen LogP contribution is -2.13. The first kappa shape index (κ1) is 11.7. The van der Waals surface area contributed by atoms with Gasteiger partial charge in [-0.2, -0.15) is 0 Å². The van der Waals surface area contributed by atoms with Gasteiger partial charge in [0.25, 0.3) is 0 Å². The molecule has 2 N–H and O–H groups in total. The van der Waals surface area contributed by atoms with Crippen molar-refractivity contribution < 1.29 is 8.78 Å². The Balaban J connectivity index is 2.39. The zero-order chi connectivity index (χ0) is 12.4. The van der Waals surface area contributed by atoms with E-state index in [9.17, 15) is 8.78 Å². The third-order valence-electron chi connectivity index (χ3n) is 2.73. The van der Waals surface area contributed by atoms with Crippen LogP contribution in [0.1, 0.15) is 22.7 Å². The molecule has 0 heterocycles. The lowest BCUT2D eigenvalue weighted by molar-refractivity contribution is 0.576. The molecule has 0 fully saturated rings. The topological polar surface area (TPSA) is 26.0 Å². The fourth-order valence-corrected chi connectivity index (χ4v) is 1.71. The van der Waals surface area contributed by atoms with Crippen LogP contribution >= 0.6 is 0 Å². The van der Waals surface area contributed by atoms with Crippen LogP contribution in [0, 0.1) is 18.6 Å². The number of benzene rings is 2. The molecule has 1 nitrogen and oxygen atoms in total. The van der Waals surface area contributed by atoms with E-state index in [1.54, 1.807) is 0 Å². The minimum absolute atomic E-state index is 0.175. The monoisotopic (exact) mass is 233 g/mol. The molecule has 0 aliphatic rings. The highest BCUT2D eigenvalue weighted by atomic mass is 19.1. The van der Waals surface area contributed by atoms with Crippen molar-refractivity contribution in [2.75, 3.05) is 0 Å². The van der Waals surface area contributed by atoms with E-state index in [0.29, 0.717) is 0 Å². The van der Waals surface area contributed by atoms with Crippen LogP contribution in [0.15, 0.2) is 42.5 Å². The molecule has 0 amide bonds. The number of hydrogen-bond acceptors (Lipinski definition) is 1. The van der Waals surface area contributed by atoms with Crippen LogP contribution in [0.2, 0.25) is 0 Å². The van der Waals surface area contributed by atoms with Gasteiger partial charge in [0.1, 0.15) is 11.6 Å². The van der Waals surface area contributed by atoms with Gasteiger partial charge < -0.3 is 5.73 Å². The minimum Gasteiger partial charge on any atom is -0.320 e. The molecule has 0 saturated carbocycles. The fourth-order valence-electron chi connectivity index (χ4n) is 1.71. The quantitative estimate of drug-likeness (QED) is 0.846. The first-order valence-corrected chi connectivity index (χ1v) is 5.35. The van der Waals surface area contributed by atoms with Crippen molar-refractivity contribution in [2.24, 2.45) is 5.73 Å². The van der Waals surface area contributed by atoms with Crippen LogP contribution in [-0.4, -0.2) is 0 Å². The predicted octanol–water partition coefficient (Wildman–Crippen LogP) is 3.32. The minimum atomic E-state index is -0.647. The van der Waals surface area contributed by atoms with Crippen LogP contribution in [0.3, 0.4) is 0 Å². The second-order valence-corrected chi connectivity index (χ2v) is 4.05. The van der Waals surface area contributed by atoms with Gasteiger partial charge >= 0.3 is 0 Å². The molecule has 17 heavy (non-hydrogen) atoms. The van der Waals surface area contributed by atoms with Gasteiger partial charge in [-0.15, -0.1) is 0 Å². The average molecular weight is 233 g/mol. The van der Waals surface area contributed by atoms with Crippen molar-refractivity contribution in [1.29, 1.82) is 0 Å². The summed E-state index contributed by atoms with van der Waals surface area (Å²) in [6.45, 7) is 1.96. The van der Waals surface area contributed by atoms with Crippen molar-refractivity contribution >= 4 is 0 Å². The molecular weight excluding hydrogens is 220 g/mol. The predicted molar refractivity (Wildman–Crippen MR) is 63.6 cm³/mol. The highest BCUT2D eigenvalue weighted by Gasteiger charge is 2.14. The van der Waals surface area contributed by atoms with E-state index in [4.69, 9.17) is 5.73 Å². The molecule has 0 radical (unpaired) electrons. The standard InChI is InChI=1S/C14H13F2N/c1-9-2-4-10(5-3-9)14(17)12-8-11(15)6-7-13(12)16/h2-8,14H,17H2,1H3. The van der Waals surface area contributed by atoms with E-state index in [-0.39, 0.29) is 5.56 Å². The molecule has 2 aromatic carbocycles. The normalized spacial score (nSPS) is 12.5. The summed E-state index contributed by atoms with van der Waals surface area (Å²) < 4.78 is 26.6. The molecular formula is C14H13F2N. The smallest absolute Gasteiger partial charge is 0.128 e. The zero-order valence-corrected chi connectivity index (χ0v) is 9.45. The molecule has 88 valence electrons. The van der Waals surface area contributed by atoms with Crippen LogP contribution in [0.4, 0.5) is 8.78 Å². The summed E-state index contributed by atoms with van der Waals surface area (Å²) in [5.74, 6) is -0.969. The molecule has 0 saturated heterocycles. The summed E-state index contributed by atoms with van der Waals surface area (Å²) in [5.41, 5.74) is 7.97. The van der Waals surface area contributed by atoms with Gasteiger partial charge in [0.05, 0.1) is 6.04 Å². The molecule has 1 unspecified atom stereocenters. The Morgan fingerprint density at radius 3 is 2.29 bits per heavy atom. The summed E-state index contributed by atoms with van der Waals surface area (Å²) in [7, 11) is 0. The highest BCUT2D eigenvalue weighted by molar-refractivity contribution is 5.33. The molecule has 0 bridgehead atoms. The Kier molecular flexibility index (Phi) is 3.20. The summed E-state index contributed by atoms with van der Waals surface area (Å²) in [5, 5.41) is 0. The van der Waals surface area contributed by atoms with Gasteiger partial charge in [0.15, 0.2) is 0 Å². The van der Waals surface area contributed by atoms with Crippen molar-refractivity contribution in [3.8, 4) is 0 Å². The maximum Gasteiger partial charge on any atom is 0.128 e. The van der Waals surface area contributed by atoms with Crippen molar-refractivity contribution in [2.45, 2.75) is 13.0 Å². The third kappa shape index (κ3) is 2.50. The fraction of sp³-hybridized carbons (Fsp3) is 0.143. The molecule has 0 aliphatic heterocycles. The first-order valence-electron chi connectivity index (χ1n) is 5.35. The first-order chi connectivity index (χ1) is 8.08. The molecule has 0 aromatic heterocycles. The van der Waals surface area contributed by atoms with Crippen LogP contribution in [0.5, 0.6) is 0 Å². The van der Waals surface area contributed by atoms with Crippen molar-refractivity contribution in [1.82, 2.24) is 0 Å². The van der Waals surface area contributed by atoms with Crippen LogP contribution in [0.25, 0.3) is 0 Å². The lowest BCUT2D eigenvalue weighted by Gasteiger charge is -2.13. The molecule has 2 aromatic rings. The van der Waals surface area contributed by atoms with Gasteiger partial charge in [-0.05, 0) is 30.7 Å². The van der Waals surface area contributed by atoms with E-state index in [1.165, 1.54) is 0 Å². The summed E-state index contributed by atoms with van der Waals surface area (Å²) in [4.78, 5) is 0. The lowest BCUT2D eigenvalue weighted by atomic mass is 9.98.